The molecular formula is C16H18ClN3O. The highest BCUT2D eigenvalue weighted by Crippen LogP contribution is 2.27. The molecule has 2 N–H and O–H groups in total. The molecular weight excluding hydrogens is 286 g/mol. The maximum atomic E-state index is 11.9. The minimum Gasteiger partial charge on any atom is -0.376 e. The molecule has 0 saturated carbocycles. The summed E-state index contributed by atoms with van der Waals surface area (Å²) in [6.45, 7) is 0.205. The molecule has 0 aliphatic heterocycles. The van der Waals surface area contributed by atoms with Crippen molar-refractivity contribution in [1.82, 2.24) is 0 Å². The third-order valence-electron chi connectivity index (χ3n) is 2.94. The van der Waals surface area contributed by atoms with Gasteiger partial charge in [-0.15, -0.1) is 0 Å². The Morgan fingerprint density at radius 3 is 2.43 bits per heavy atom. The molecule has 1 amide bonds. The van der Waals surface area contributed by atoms with Crippen LogP contribution in [0, 0.1) is 0 Å². The molecule has 5 heteroatoms. The van der Waals surface area contributed by atoms with Crippen molar-refractivity contribution in [1.29, 1.82) is 0 Å². The minimum atomic E-state index is -0.118. The predicted molar refractivity (Wildman–Crippen MR) is 89.3 cm³/mol. The lowest BCUT2D eigenvalue weighted by atomic mass is 10.2. The van der Waals surface area contributed by atoms with Crippen molar-refractivity contribution >= 4 is 34.6 Å². The first kappa shape index (κ1) is 15.2. The predicted octanol–water partition coefficient (Wildman–Crippen LogP) is 3.46. The molecule has 110 valence electrons. The molecule has 4 nitrogen and oxygen atoms in total. The molecule has 0 radical (unpaired) electrons. The van der Waals surface area contributed by atoms with Gasteiger partial charge in [0.1, 0.15) is 0 Å². The number of carbonyl (C=O) groups excluding carboxylic acids is 1. The molecule has 21 heavy (non-hydrogen) atoms. The van der Waals surface area contributed by atoms with Gasteiger partial charge in [-0.2, -0.15) is 0 Å². The minimum absolute atomic E-state index is 0.118. The topological polar surface area (TPSA) is 44.4 Å². The average molecular weight is 304 g/mol. The van der Waals surface area contributed by atoms with Gasteiger partial charge in [-0.3, -0.25) is 4.79 Å². The molecule has 2 aromatic carbocycles. The van der Waals surface area contributed by atoms with Gasteiger partial charge in [0.25, 0.3) is 0 Å². The summed E-state index contributed by atoms with van der Waals surface area (Å²) in [6, 6.07) is 15.0. The van der Waals surface area contributed by atoms with Crippen LogP contribution in [0.2, 0.25) is 5.02 Å². The van der Waals surface area contributed by atoms with Gasteiger partial charge < -0.3 is 15.5 Å². The Hall–Kier alpha value is -2.20. The third kappa shape index (κ3) is 4.39. The largest absolute Gasteiger partial charge is 0.376 e. The fourth-order valence-corrected chi connectivity index (χ4v) is 2.24. The number of anilines is 3. The van der Waals surface area contributed by atoms with Gasteiger partial charge in [-0.05, 0) is 30.3 Å². The van der Waals surface area contributed by atoms with Crippen LogP contribution in [-0.2, 0) is 4.79 Å². The van der Waals surface area contributed by atoms with Gasteiger partial charge in [0.2, 0.25) is 5.91 Å². The molecule has 0 unspecified atom stereocenters. The number of halogens is 1. The zero-order chi connectivity index (χ0) is 15.2. The highest BCUT2D eigenvalue weighted by molar-refractivity contribution is 6.33. The monoisotopic (exact) mass is 303 g/mol. The summed E-state index contributed by atoms with van der Waals surface area (Å²) >= 11 is 6.17. The molecule has 2 rings (SSSR count). The Labute approximate surface area is 129 Å². The van der Waals surface area contributed by atoms with Crippen LogP contribution >= 0.6 is 11.6 Å². The van der Waals surface area contributed by atoms with Crippen LogP contribution in [0.4, 0.5) is 17.1 Å². The first-order chi connectivity index (χ1) is 10.1. The van der Waals surface area contributed by atoms with Crippen molar-refractivity contribution in [3.05, 3.63) is 53.6 Å². The number of nitrogens with zero attached hydrogens (tertiary/aromatic N) is 1. The van der Waals surface area contributed by atoms with Crippen molar-refractivity contribution < 1.29 is 4.79 Å². The summed E-state index contributed by atoms with van der Waals surface area (Å²) in [5.74, 6) is -0.118. The van der Waals surface area contributed by atoms with Crippen LogP contribution < -0.4 is 15.5 Å². The lowest BCUT2D eigenvalue weighted by Crippen LogP contribution is -2.21. The van der Waals surface area contributed by atoms with E-state index >= 15 is 0 Å². The molecule has 0 fully saturated rings. The number of rotatable bonds is 5. The smallest absolute Gasteiger partial charge is 0.243 e. The zero-order valence-electron chi connectivity index (χ0n) is 12.1. The van der Waals surface area contributed by atoms with Gasteiger partial charge >= 0.3 is 0 Å². The molecule has 0 heterocycles. The molecule has 0 aliphatic rings. The van der Waals surface area contributed by atoms with E-state index in [0.29, 0.717) is 10.7 Å². The summed E-state index contributed by atoms with van der Waals surface area (Å²) in [5, 5.41) is 6.48. The molecule has 0 atom stereocenters. The van der Waals surface area contributed by atoms with E-state index in [0.717, 1.165) is 11.4 Å². The standard InChI is InChI=1S/C16H18ClN3O/c1-20(2)15-9-8-13(10-14(15)17)19-16(21)11-18-12-6-4-3-5-7-12/h3-10,18H,11H2,1-2H3,(H,19,21). The summed E-state index contributed by atoms with van der Waals surface area (Å²) in [6.07, 6.45) is 0. The van der Waals surface area contributed by atoms with E-state index in [1.54, 1.807) is 6.07 Å². The summed E-state index contributed by atoms with van der Waals surface area (Å²) in [5.41, 5.74) is 2.51. The Morgan fingerprint density at radius 1 is 1.10 bits per heavy atom. The normalized spacial score (nSPS) is 10.0. The first-order valence-corrected chi connectivity index (χ1v) is 6.99. The van der Waals surface area contributed by atoms with Gasteiger partial charge in [-0.25, -0.2) is 0 Å². The van der Waals surface area contributed by atoms with Crippen LogP contribution in [0.1, 0.15) is 0 Å². The highest BCUT2D eigenvalue weighted by Gasteiger charge is 2.06. The quantitative estimate of drug-likeness (QED) is 0.889. The van der Waals surface area contributed by atoms with E-state index in [4.69, 9.17) is 11.6 Å². The van der Waals surface area contributed by atoms with Crippen LogP contribution in [0.3, 0.4) is 0 Å². The second-order valence-electron chi connectivity index (χ2n) is 4.83. The zero-order valence-corrected chi connectivity index (χ0v) is 12.8. The Morgan fingerprint density at radius 2 is 1.81 bits per heavy atom. The maximum Gasteiger partial charge on any atom is 0.243 e. The maximum absolute atomic E-state index is 11.9. The number of hydrogen-bond donors (Lipinski definition) is 2. The number of hydrogen-bond acceptors (Lipinski definition) is 3. The van der Waals surface area contributed by atoms with Gasteiger partial charge in [0.05, 0.1) is 17.3 Å². The number of benzene rings is 2. The number of nitrogens with one attached hydrogen (secondary N) is 2. The van der Waals surface area contributed by atoms with Crippen LogP contribution in [0.5, 0.6) is 0 Å². The second-order valence-corrected chi connectivity index (χ2v) is 5.24. The van der Waals surface area contributed by atoms with Crippen molar-refractivity contribution in [2.45, 2.75) is 0 Å². The summed E-state index contributed by atoms with van der Waals surface area (Å²) in [4.78, 5) is 13.8. The highest BCUT2D eigenvalue weighted by atomic mass is 35.5. The van der Waals surface area contributed by atoms with Crippen LogP contribution in [0.25, 0.3) is 0 Å². The van der Waals surface area contributed by atoms with E-state index in [1.165, 1.54) is 0 Å². The van der Waals surface area contributed by atoms with Crippen molar-refractivity contribution in [3.63, 3.8) is 0 Å². The molecule has 0 spiro atoms. The first-order valence-electron chi connectivity index (χ1n) is 6.62. The lowest BCUT2D eigenvalue weighted by molar-refractivity contribution is -0.114. The second kappa shape index (κ2) is 6.99. The summed E-state index contributed by atoms with van der Waals surface area (Å²) in [7, 11) is 3.84. The van der Waals surface area contributed by atoms with E-state index in [2.05, 4.69) is 10.6 Å². The average Bonchev–Trinajstić information content (AvgIpc) is 2.46. The Kier molecular flexibility index (Phi) is 5.06. The molecule has 0 saturated heterocycles. The van der Waals surface area contributed by atoms with Gasteiger partial charge in [-0.1, -0.05) is 29.8 Å². The van der Waals surface area contributed by atoms with Crippen molar-refractivity contribution in [2.75, 3.05) is 36.2 Å². The van der Waals surface area contributed by atoms with Crippen LogP contribution in [-0.4, -0.2) is 26.5 Å². The molecule has 0 aromatic heterocycles. The fourth-order valence-electron chi connectivity index (χ4n) is 1.89. The number of carbonyl (C=O) groups is 1. The lowest BCUT2D eigenvalue weighted by Gasteiger charge is -2.15. The molecule has 0 bridgehead atoms. The van der Waals surface area contributed by atoms with Gasteiger partial charge in [0.15, 0.2) is 0 Å². The van der Waals surface area contributed by atoms with Crippen LogP contribution in [0.15, 0.2) is 48.5 Å². The van der Waals surface area contributed by atoms with Gasteiger partial charge in [0, 0.05) is 25.5 Å². The molecule has 2 aromatic rings. The number of para-hydroxylation sites is 1. The van der Waals surface area contributed by atoms with E-state index in [-0.39, 0.29) is 12.5 Å². The number of amides is 1. The SMILES string of the molecule is CN(C)c1ccc(NC(=O)CNc2ccccc2)cc1Cl. The Balaban J connectivity index is 1.92. The van der Waals surface area contributed by atoms with E-state index in [9.17, 15) is 4.79 Å². The third-order valence-corrected chi connectivity index (χ3v) is 3.24. The fraction of sp³-hybridized carbons (Fsp3) is 0.188. The van der Waals surface area contributed by atoms with E-state index in [1.807, 2.05) is 61.5 Å². The Bertz CT molecular complexity index is 614. The molecule has 0 aliphatic carbocycles. The van der Waals surface area contributed by atoms with Crippen molar-refractivity contribution in [2.24, 2.45) is 0 Å². The van der Waals surface area contributed by atoms with E-state index < -0.39 is 0 Å². The van der Waals surface area contributed by atoms with Crippen molar-refractivity contribution in [3.8, 4) is 0 Å². The summed E-state index contributed by atoms with van der Waals surface area (Å²) < 4.78 is 0.